The molecule has 0 aliphatic heterocycles. The molecule has 3 rings (SSSR count). The Morgan fingerprint density at radius 1 is 1.21 bits per heavy atom. The predicted octanol–water partition coefficient (Wildman–Crippen LogP) is 1.86. The lowest BCUT2D eigenvalue weighted by Gasteiger charge is -2.04. The van der Waals surface area contributed by atoms with Crippen molar-refractivity contribution in [2.45, 2.75) is 6.54 Å². The molecular weight excluding hydrogens is 240 g/mol. The number of rotatable bonds is 3. The lowest BCUT2D eigenvalue weighted by atomic mass is 10.2. The Labute approximate surface area is 110 Å². The molecule has 2 N–H and O–H groups in total. The molecule has 96 valence electrons. The fraction of sp³-hybridized carbons (Fsp3) is 0.143. The van der Waals surface area contributed by atoms with Gasteiger partial charge in [-0.05, 0) is 23.8 Å². The molecule has 0 amide bonds. The molecule has 2 aromatic heterocycles. The first-order valence-corrected chi connectivity index (χ1v) is 6.00. The van der Waals surface area contributed by atoms with E-state index in [0.717, 1.165) is 28.3 Å². The van der Waals surface area contributed by atoms with Crippen LogP contribution in [0.4, 0.5) is 0 Å². The molecule has 2 heterocycles. The summed E-state index contributed by atoms with van der Waals surface area (Å²) in [6.07, 6.45) is 1.96. The van der Waals surface area contributed by atoms with Gasteiger partial charge in [0.15, 0.2) is 11.5 Å². The zero-order chi connectivity index (χ0) is 13.2. The zero-order valence-corrected chi connectivity index (χ0v) is 10.6. The number of hydrogen-bond acceptors (Lipinski definition) is 4. The van der Waals surface area contributed by atoms with Gasteiger partial charge in [0.05, 0.1) is 7.11 Å². The summed E-state index contributed by atoms with van der Waals surface area (Å²) in [7, 11) is 1.65. The van der Waals surface area contributed by atoms with E-state index in [1.807, 2.05) is 47.0 Å². The average Bonchev–Trinajstić information content (AvgIpc) is 2.90. The van der Waals surface area contributed by atoms with Crippen molar-refractivity contribution in [3.05, 3.63) is 48.2 Å². The number of aromatic nitrogens is 3. The molecule has 0 radical (unpaired) electrons. The van der Waals surface area contributed by atoms with Gasteiger partial charge in [-0.25, -0.2) is 0 Å². The molecule has 0 saturated heterocycles. The van der Waals surface area contributed by atoms with E-state index in [4.69, 9.17) is 10.5 Å². The molecule has 1 aromatic carbocycles. The minimum atomic E-state index is 0.492. The molecule has 0 saturated carbocycles. The maximum absolute atomic E-state index is 5.67. The summed E-state index contributed by atoms with van der Waals surface area (Å²) in [6, 6.07) is 11.6. The van der Waals surface area contributed by atoms with E-state index in [-0.39, 0.29) is 0 Å². The first-order chi connectivity index (χ1) is 9.31. The smallest absolute Gasteiger partial charge is 0.168 e. The standard InChI is InChI=1S/C14H14N4O/c1-19-12-4-2-3-11(7-12)14-17-16-13-6-5-10(8-15)9-18(13)14/h2-7,9H,8,15H2,1H3. The van der Waals surface area contributed by atoms with Crippen molar-refractivity contribution in [3.8, 4) is 17.1 Å². The highest BCUT2D eigenvalue weighted by Crippen LogP contribution is 2.23. The third-order valence-electron chi connectivity index (χ3n) is 3.03. The molecule has 19 heavy (non-hydrogen) atoms. The molecule has 0 atom stereocenters. The fourth-order valence-electron chi connectivity index (χ4n) is 2.01. The summed E-state index contributed by atoms with van der Waals surface area (Å²) in [4.78, 5) is 0. The van der Waals surface area contributed by atoms with Gasteiger partial charge in [0.1, 0.15) is 5.75 Å². The molecule has 0 aliphatic carbocycles. The molecule has 0 spiro atoms. The predicted molar refractivity (Wildman–Crippen MR) is 72.9 cm³/mol. The van der Waals surface area contributed by atoms with Gasteiger partial charge in [-0.3, -0.25) is 4.40 Å². The topological polar surface area (TPSA) is 65.4 Å². The number of ether oxygens (including phenoxy) is 1. The highest BCUT2D eigenvalue weighted by Gasteiger charge is 2.09. The van der Waals surface area contributed by atoms with Crippen LogP contribution in [0, 0.1) is 0 Å². The second kappa shape index (κ2) is 4.70. The van der Waals surface area contributed by atoms with E-state index in [0.29, 0.717) is 6.54 Å². The first-order valence-electron chi connectivity index (χ1n) is 6.00. The Hall–Kier alpha value is -2.40. The number of pyridine rings is 1. The monoisotopic (exact) mass is 254 g/mol. The largest absolute Gasteiger partial charge is 0.497 e. The summed E-state index contributed by atoms with van der Waals surface area (Å²) in [5, 5.41) is 8.39. The van der Waals surface area contributed by atoms with Crippen LogP contribution in [0.15, 0.2) is 42.6 Å². The normalized spacial score (nSPS) is 10.8. The molecule has 0 aliphatic rings. The summed E-state index contributed by atoms with van der Waals surface area (Å²) >= 11 is 0. The van der Waals surface area contributed by atoms with Crippen molar-refractivity contribution in [3.63, 3.8) is 0 Å². The molecular formula is C14H14N4O. The molecule has 3 aromatic rings. The maximum atomic E-state index is 5.67. The number of nitrogens with two attached hydrogens (primary N) is 1. The van der Waals surface area contributed by atoms with Crippen LogP contribution in [0.3, 0.4) is 0 Å². The molecule has 0 bridgehead atoms. The van der Waals surface area contributed by atoms with E-state index in [1.54, 1.807) is 7.11 Å². The van der Waals surface area contributed by atoms with Gasteiger partial charge in [-0.1, -0.05) is 18.2 Å². The Morgan fingerprint density at radius 2 is 2.11 bits per heavy atom. The molecule has 5 nitrogen and oxygen atoms in total. The van der Waals surface area contributed by atoms with Crippen molar-refractivity contribution in [1.29, 1.82) is 0 Å². The second-order valence-corrected chi connectivity index (χ2v) is 4.23. The second-order valence-electron chi connectivity index (χ2n) is 4.23. The number of benzene rings is 1. The lowest BCUT2D eigenvalue weighted by molar-refractivity contribution is 0.415. The summed E-state index contributed by atoms with van der Waals surface area (Å²) < 4.78 is 7.17. The Balaban J connectivity index is 2.18. The quantitative estimate of drug-likeness (QED) is 0.774. The third kappa shape index (κ3) is 2.04. The van der Waals surface area contributed by atoms with Crippen LogP contribution in [0.1, 0.15) is 5.56 Å². The molecule has 0 unspecified atom stereocenters. The van der Waals surface area contributed by atoms with Gasteiger partial charge in [-0.2, -0.15) is 0 Å². The van der Waals surface area contributed by atoms with Gasteiger partial charge in [0.25, 0.3) is 0 Å². The van der Waals surface area contributed by atoms with Gasteiger partial charge in [0, 0.05) is 18.3 Å². The van der Waals surface area contributed by atoms with E-state index in [9.17, 15) is 0 Å². The van der Waals surface area contributed by atoms with Crippen molar-refractivity contribution in [2.75, 3.05) is 7.11 Å². The van der Waals surface area contributed by atoms with E-state index in [1.165, 1.54) is 0 Å². The minimum Gasteiger partial charge on any atom is -0.497 e. The van der Waals surface area contributed by atoms with Gasteiger partial charge >= 0.3 is 0 Å². The first kappa shape index (κ1) is 11.7. The Bertz CT molecular complexity index is 720. The van der Waals surface area contributed by atoms with E-state index < -0.39 is 0 Å². The van der Waals surface area contributed by atoms with Crippen LogP contribution >= 0.6 is 0 Å². The zero-order valence-electron chi connectivity index (χ0n) is 10.6. The number of fused-ring (bicyclic) bond motifs is 1. The van der Waals surface area contributed by atoms with Crippen molar-refractivity contribution in [1.82, 2.24) is 14.6 Å². The van der Waals surface area contributed by atoms with Crippen LogP contribution in [0.2, 0.25) is 0 Å². The fourth-order valence-corrected chi connectivity index (χ4v) is 2.01. The van der Waals surface area contributed by atoms with Crippen LogP contribution in [-0.4, -0.2) is 21.7 Å². The molecule has 0 fully saturated rings. The summed E-state index contributed by atoms with van der Waals surface area (Å²) in [5.41, 5.74) is 8.47. The Morgan fingerprint density at radius 3 is 2.89 bits per heavy atom. The van der Waals surface area contributed by atoms with Crippen LogP contribution in [0.5, 0.6) is 5.75 Å². The number of nitrogens with zero attached hydrogens (tertiary/aromatic N) is 3. The van der Waals surface area contributed by atoms with Crippen molar-refractivity contribution < 1.29 is 4.74 Å². The molecule has 5 heteroatoms. The maximum Gasteiger partial charge on any atom is 0.168 e. The van der Waals surface area contributed by atoms with Crippen LogP contribution < -0.4 is 10.5 Å². The van der Waals surface area contributed by atoms with Gasteiger partial charge in [0.2, 0.25) is 0 Å². The highest BCUT2D eigenvalue weighted by molar-refractivity contribution is 5.61. The highest BCUT2D eigenvalue weighted by atomic mass is 16.5. The van der Waals surface area contributed by atoms with Crippen molar-refractivity contribution >= 4 is 5.65 Å². The summed E-state index contributed by atoms with van der Waals surface area (Å²) in [6.45, 7) is 0.492. The minimum absolute atomic E-state index is 0.492. The van der Waals surface area contributed by atoms with Gasteiger partial charge in [-0.15, -0.1) is 10.2 Å². The number of hydrogen-bond donors (Lipinski definition) is 1. The van der Waals surface area contributed by atoms with Crippen LogP contribution in [-0.2, 0) is 6.54 Å². The Kier molecular flexibility index (Phi) is 2.89. The lowest BCUT2D eigenvalue weighted by Crippen LogP contribution is -1.99. The van der Waals surface area contributed by atoms with Gasteiger partial charge < -0.3 is 10.5 Å². The van der Waals surface area contributed by atoms with E-state index >= 15 is 0 Å². The van der Waals surface area contributed by atoms with Crippen molar-refractivity contribution in [2.24, 2.45) is 5.73 Å². The average molecular weight is 254 g/mol. The van der Waals surface area contributed by atoms with Crippen LogP contribution in [0.25, 0.3) is 17.0 Å². The summed E-state index contributed by atoms with van der Waals surface area (Å²) in [5.74, 6) is 1.58. The van der Waals surface area contributed by atoms with E-state index in [2.05, 4.69) is 10.2 Å². The number of methoxy groups -OCH3 is 1. The SMILES string of the molecule is COc1cccc(-c2nnc3ccc(CN)cn23)c1. The third-order valence-corrected chi connectivity index (χ3v) is 3.03.